The van der Waals surface area contributed by atoms with Crippen LogP contribution >= 0.6 is 0 Å². The largest absolute Gasteiger partial charge is 0.491 e. The van der Waals surface area contributed by atoms with Gasteiger partial charge in [-0.25, -0.2) is 0 Å². The molecule has 1 aromatic carbocycles. The molecule has 0 radical (unpaired) electrons. The van der Waals surface area contributed by atoms with Crippen LogP contribution in [0, 0.1) is 5.92 Å². The fourth-order valence-electron chi connectivity index (χ4n) is 4.49. The van der Waals surface area contributed by atoms with Gasteiger partial charge in [-0.2, -0.15) is 0 Å². The molecule has 1 fully saturated rings. The zero-order valence-electron chi connectivity index (χ0n) is 22.1. The molecule has 1 aromatic rings. The van der Waals surface area contributed by atoms with Gasteiger partial charge in [0.15, 0.2) is 0 Å². The molecule has 36 heavy (non-hydrogen) atoms. The predicted molar refractivity (Wildman–Crippen MR) is 136 cm³/mol. The molecule has 0 aliphatic carbocycles. The fourth-order valence-corrected chi connectivity index (χ4v) is 4.49. The number of ether oxygens (including phenoxy) is 3. The molecule has 3 atom stereocenters. The molecule has 0 spiro atoms. The Balaban J connectivity index is 1.89. The van der Waals surface area contributed by atoms with Crippen LogP contribution in [-0.2, 0) is 19.1 Å². The van der Waals surface area contributed by atoms with Crippen molar-refractivity contribution >= 4 is 23.4 Å². The van der Waals surface area contributed by atoms with Crippen LogP contribution in [0.15, 0.2) is 18.2 Å². The molecule has 3 amide bonds. The maximum absolute atomic E-state index is 13.4. The Labute approximate surface area is 213 Å². The van der Waals surface area contributed by atoms with Crippen LogP contribution < -0.4 is 10.1 Å². The van der Waals surface area contributed by atoms with Gasteiger partial charge in [0, 0.05) is 64.4 Å². The molecule has 1 N–H and O–H groups in total. The molecule has 0 unspecified atom stereocenters. The summed E-state index contributed by atoms with van der Waals surface area (Å²) in [7, 11) is 3.36. The van der Waals surface area contributed by atoms with E-state index >= 15 is 0 Å². The summed E-state index contributed by atoms with van der Waals surface area (Å²) in [4.78, 5) is 44.2. The van der Waals surface area contributed by atoms with Crippen molar-refractivity contribution in [3.05, 3.63) is 23.8 Å². The topological polar surface area (TPSA) is 101 Å². The van der Waals surface area contributed by atoms with Crippen LogP contribution in [0.1, 0.15) is 37.6 Å². The summed E-state index contributed by atoms with van der Waals surface area (Å²) in [6.07, 6.45) is 0.0877. The fraction of sp³-hybridized carbons (Fsp3) is 0.654. The normalized spacial score (nSPS) is 24.2. The van der Waals surface area contributed by atoms with Crippen LogP contribution in [0.5, 0.6) is 5.75 Å². The second-order valence-corrected chi connectivity index (χ2v) is 9.64. The summed E-state index contributed by atoms with van der Waals surface area (Å²) < 4.78 is 17.3. The SMILES string of the molecule is CCC(=O)Nc1ccc2c(c1)OC[C@@H](C)N(C(=O)CN1CCOCC1)C[C@H](C)[C@@H](OC)CN(C)C2=O. The molecule has 2 aliphatic heterocycles. The predicted octanol–water partition coefficient (Wildman–Crippen LogP) is 1.70. The van der Waals surface area contributed by atoms with Gasteiger partial charge in [0.05, 0.1) is 37.5 Å². The molecule has 3 rings (SSSR count). The van der Waals surface area contributed by atoms with Gasteiger partial charge in [-0.3, -0.25) is 19.3 Å². The molecular weight excluding hydrogens is 464 g/mol. The first-order chi connectivity index (χ1) is 17.2. The number of carbonyl (C=O) groups excluding carboxylic acids is 3. The van der Waals surface area contributed by atoms with Crippen LogP contribution in [0.2, 0.25) is 0 Å². The van der Waals surface area contributed by atoms with Gasteiger partial charge in [-0.1, -0.05) is 13.8 Å². The minimum absolute atomic E-state index is 0.00753. The molecule has 10 heteroatoms. The second-order valence-electron chi connectivity index (χ2n) is 9.64. The lowest BCUT2D eigenvalue weighted by molar-refractivity contribution is -0.137. The number of likely N-dealkylation sites (N-methyl/N-ethyl adjacent to an activating group) is 1. The number of morpholine rings is 1. The number of fused-ring (bicyclic) bond motifs is 1. The van der Waals surface area contributed by atoms with E-state index in [-0.39, 0.29) is 42.4 Å². The van der Waals surface area contributed by atoms with Crippen LogP contribution in [0.3, 0.4) is 0 Å². The Morgan fingerprint density at radius 2 is 1.89 bits per heavy atom. The highest BCUT2D eigenvalue weighted by Gasteiger charge is 2.31. The van der Waals surface area contributed by atoms with E-state index < -0.39 is 0 Å². The Kier molecular flexibility index (Phi) is 10.1. The quantitative estimate of drug-likeness (QED) is 0.651. The van der Waals surface area contributed by atoms with Gasteiger partial charge >= 0.3 is 0 Å². The monoisotopic (exact) mass is 504 g/mol. The first-order valence-corrected chi connectivity index (χ1v) is 12.7. The average Bonchev–Trinajstić information content (AvgIpc) is 2.88. The number of methoxy groups -OCH3 is 1. The van der Waals surface area contributed by atoms with E-state index in [9.17, 15) is 14.4 Å². The van der Waals surface area contributed by atoms with Crippen molar-refractivity contribution in [1.82, 2.24) is 14.7 Å². The van der Waals surface area contributed by atoms with E-state index in [0.717, 1.165) is 13.1 Å². The van der Waals surface area contributed by atoms with E-state index in [1.807, 2.05) is 18.7 Å². The standard InChI is InChI=1S/C26H40N4O6/c1-6-24(31)27-20-7-8-21-22(13-20)36-17-19(3)30(25(32)16-29-9-11-35-12-10-29)14-18(2)23(34-5)15-28(4)26(21)33/h7-8,13,18-19,23H,6,9-12,14-17H2,1-5H3,(H,27,31)/t18-,19+,23-/m0/s1. The maximum Gasteiger partial charge on any atom is 0.257 e. The van der Waals surface area contributed by atoms with E-state index in [2.05, 4.69) is 10.2 Å². The number of nitrogens with zero attached hydrogens (tertiary/aromatic N) is 3. The number of carbonyl (C=O) groups is 3. The summed E-state index contributed by atoms with van der Waals surface area (Å²) in [5.74, 6) is 0.0702. The first kappa shape index (κ1) is 27.9. The maximum atomic E-state index is 13.4. The van der Waals surface area contributed by atoms with Crippen molar-refractivity contribution in [2.45, 2.75) is 39.3 Å². The van der Waals surface area contributed by atoms with Gasteiger partial charge in [0.1, 0.15) is 12.4 Å². The Morgan fingerprint density at radius 1 is 1.17 bits per heavy atom. The van der Waals surface area contributed by atoms with Crippen LogP contribution in [-0.4, -0.2) is 111 Å². The van der Waals surface area contributed by atoms with Gasteiger partial charge in [0.25, 0.3) is 5.91 Å². The van der Waals surface area contributed by atoms with Crippen molar-refractivity contribution in [3.63, 3.8) is 0 Å². The van der Waals surface area contributed by atoms with Crippen molar-refractivity contribution in [3.8, 4) is 5.75 Å². The number of hydrogen-bond donors (Lipinski definition) is 1. The molecule has 0 bridgehead atoms. The molecule has 0 saturated carbocycles. The lowest BCUT2D eigenvalue weighted by atomic mass is 10.0. The molecular formula is C26H40N4O6. The zero-order chi connectivity index (χ0) is 26.2. The van der Waals surface area contributed by atoms with E-state index in [0.29, 0.717) is 56.3 Å². The van der Waals surface area contributed by atoms with Crippen molar-refractivity contribution in [2.24, 2.45) is 5.92 Å². The number of anilines is 1. The second kappa shape index (κ2) is 13.0. The molecule has 0 aromatic heterocycles. The van der Waals surface area contributed by atoms with Gasteiger partial charge in [-0.15, -0.1) is 0 Å². The summed E-state index contributed by atoms with van der Waals surface area (Å²) in [6.45, 7) is 9.85. The third-order valence-corrected chi connectivity index (χ3v) is 6.83. The number of nitrogens with one attached hydrogen (secondary N) is 1. The lowest BCUT2D eigenvalue weighted by Gasteiger charge is -2.37. The third kappa shape index (κ3) is 7.18. The molecule has 2 heterocycles. The van der Waals surface area contributed by atoms with Gasteiger partial charge in [0.2, 0.25) is 11.8 Å². The molecule has 10 nitrogen and oxygen atoms in total. The summed E-state index contributed by atoms with van der Waals surface area (Å²) in [6, 6.07) is 4.80. The highest BCUT2D eigenvalue weighted by molar-refractivity contribution is 5.98. The number of benzene rings is 1. The van der Waals surface area contributed by atoms with Crippen molar-refractivity contribution in [1.29, 1.82) is 0 Å². The molecule has 1 saturated heterocycles. The molecule has 200 valence electrons. The van der Waals surface area contributed by atoms with Gasteiger partial charge in [-0.05, 0) is 19.1 Å². The Morgan fingerprint density at radius 3 is 2.56 bits per heavy atom. The number of amides is 3. The van der Waals surface area contributed by atoms with E-state index in [4.69, 9.17) is 14.2 Å². The van der Waals surface area contributed by atoms with Crippen LogP contribution in [0.4, 0.5) is 5.69 Å². The van der Waals surface area contributed by atoms with Crippen molar-refractivity contribution < 1.29 is 28.6 Å². The summed E-state index contributed by atoms with van der Waals surface area (Å²) in [5, 5.41) is 2.82. The average molecular weight is 505 g/mol. The molecule has 2 aliphatic rings. The number of rotatable bonds is 5. The minimum Gasteiger partial charge on any atom is -0.491 e. The Bertz CT molecular complexity index is 920. The summed E-state index contributed by atoms with van der Waals surface area (Å²) in [5.41, 5.74) is 0.952. The van der Waals surface area contributed by atoms with Crippen molar-refractivity contribution in [2.75, 3.05) is 72.0 Å². The highest BCUT2D eigenvalue weighted by atomic mass is 16.5. The number of hydrogen-bond acceptors (Lipinski definition) is 7. The van der Waals surface area contributed by atoms with E-state index in [1.165, 1.54) is 0 Å². The van der Waals surface area contributed by atoms with E-state index in [1.54, 1.807) is 44.2 Å². The lowest BCUT2D eigenvalue weighted by Crippen LogP contribution is -2.52. The first-order valence-electron chi connectivity index (χ1n) is 12.7. The van der Waals surface area contributed by atoms with Gasteiger partial charge < -0.3 is 29.3 Å². The third-order valence-electron chi connectivity index (χ3n) is 6.83. The minimum atomic E-state index is -0.253. The Hall–Kier alpha value is -2.69. The summed E-state index contributed by atoms with van der Waals surface area (Å²) >= 11 is 0. The zero-order valence-corrected chi connectivity index (χ0v) is 22.1. The highest BCUT2D eigenvalue weighted by Crippen LogP contribution is 2.27. The van der Waals surface area contributed by atoms with Crippen LogP contribution in [0.25, 0.3) is 0 Å². The smallest absolute Gasteiger partial charge is 0.257 e.